The summed E-state index contributed by atoms with van der Waals surface area (Å²) in [5.41, 5.74) is 0.638. The monoisotopic (exact) mass is 609 g/mol. The van der Waals surface area contributed by atoms with Crippen LogP contribution in [0.25, 0.3) is 10.9 Å². The summed E-state index contributed by atoms with van der Waals surface area (Å²) in [6.07, 6.45) is 0.465. The summed E-state index contributed by atoms with van der Waals surface area (Å²) in [6.45, 7) is 2.07. The number of nitrogens with one attached hydrogen (secondary N) is 1. The number of hydrogen-bond acceptors (Lipinski definition) is 6. The Morgan fingerprint density at radius 3 is 2.61 bits per heavy atom. The first-order valence-corrected chi connectivity index (χ1v) is 14.3. The Bertz CT molecular complexity index is 1760. The Hall–Kier alpha value is -4.13. The lowest BCUT2D eigenvalue weighted by Gasteiger charge is -2.40. The highest BCUT2D eigenvalue weighted by Gasteiger charge is 2.32. The Morgan fingerprint density at radius 1 is 1.11 bits per heavy atom. The van der Waals surface area contributed by atoms with Crippen molar-refractivity contribution in [3.8, 4) is 5.75 Å². The van der Waals surface area contributed by atoms with Gasteiger partial charge in [-0.1, -0.05) is 17.6 Å². The van der Waals surface area contributed by atoms with Gasteiger partial charge in [0, 0.05) is 51.0 Å². The highest BCUT2D eigenvalue weighted by molar-refractivity contribution is 6.33. The summed E-state index contributed by atoms with van der Waals surface area (Å²) in [7, 11) is 7.92. The van der Waals surface area contributed by atoms with Crippen molar-refractivity contribution >= 4 is 35.7 Å². The SMILES string of the molecule is [B]c1cc(C(F)(F)F)ccc1CN(Cc1cn2c3c(c(F)c(F)cc3c1=O)OCC2)[C@H]1CCCN(c2ccc(NC)nc2)C1. The van der Waals surface area contributed by atoms with E-state index in [0.29, 0.717) is 24.2 Å². The molecule has 0 bridgehead atoms. The van der Waals surface area contributed by atoms with Gasteiger partial charge in [0.05, 0.1) is 34.9 Å². The second kappa shape index (κ2) is 11.8. The van der Waals surface area contributed by atoms with Gasteiger partial charge in [-0.3, -0.25) is 9.69 Å². The number of benzene rings is 2. The molecule has 2 aliphatic rings. The molecular formula is C31H29BF5N5O2. The molecule has 228 valence electrons. The summed E-state index contributed by atoms with van der Waals surface area (Å²) in [5, 5.41) is 3.00. The zero-order chi connectivity index (χ0) is 31.2. The molecule has 2 radical (unpaired) electrons. The molecule has 0 amide bonds. The van der Waals surface area contributed by atoms with Crippen molar-refractivity contribution in [2.24, 2.45) is 0 Å². The molecule has 4 aromatic rings. The van der Waals surface area contributed by atoms with E-state index in [4.69, 9.17) is 12.6 Å². The fourth-order valence-corrected chi connectivity index (χ4v) is 6.08. The number of rotatable bonds is 7. The van der Waals surface area contributed by atoms with E-state index in [9.17, 15) is 26.7 Å². The summed E-state index contributed by atoms with van der Waals surface area (Å²) in [5.74, 6) is -1.88. The standard InChI is InChI=1S/C31H29BF5N5O2/c1-38-26-7-6-21(13-39-26)40-8-2-3-22(17-40)42(14-18-4-5-20(11-24(18)32)31(35,36)37)16-19-15-41-9-10-44-30-27(34)25(33)12-23(28(30)41)29(19)43/h4-7,11-13,15,22H,2-3,8-10,14,16-17H2,1H3,(H,38,39)/t22-/m0/s1. The van der Waals surface area contributed by atoms with E-state index in [1.807, 2.05) is 17.0 Å². The first-order valence-electron chi connectivity index (χ1n) is 14.3. The third kappa shape index (κ3) is 5.72. The maximum Gasteiger partial charge on any atom is 0.416 e. The van der Waals surface area contributed by atoms with Crippen LogP contribution in [0.5, 0.6) is 5.75 Å². The van der Waals surface area contributed by atoms with Gasteiger partial charge in [0.15, 0.2) is 17.0 Å². The fraction of sp³-hybridized carbons (Fsp3) is 0.355. The minimum Gasteiger partial charge on any atom is -0.486 e. The van der Waals surface area contributed by atoms with Crippen molar-refractivity contribution in [1.29, 1.82) is 0 Å². The van der Waals surface area contributed by atoms with Crippen LogP contribution in [0.1, 0.15) is 29.5 Å². The van der Waals surface area contributed by atoms with Gasteiger partial charge in [0.1, 0.15) is 20.3 Å². The molecular weight excluding hydrogens is 580 g/mol. The molecule has 0 spiro atoms. The molecule has 0 aliphatic carbocycles. The Labute approximate surface area is 251 Å². The van der Waals surface area contributed by atoms with E-state index < -0.39 is 28.8 Å². The maximum absolute atomic E-state index is 14.5. The molecule has 44 heavy (non-hydrogen) atoms. The van der Waals surface area contributed by atoms with Crippen molar-refractivity contribution in [2.75, 3.05) is 37.0 Å². The van der Waals surface area contributed by atoms with Crippen LogP contribution in [-0.4, -0.2) is 55.1 Å². The molecule has 4 heterocycles. The second-order valence-electron chi connectivity index (χ2n) is 11.1. The first kappa shape index (κ1) is 29.9. The van der Waals surface area contributed by atoms with E-state index in [1.165, 1.54) is 6.07 Å². The van der Waals surface area contributed by atoms with Crippen molar-refractivity contribution in [2.45, 2.75) is 44.7 Å². The van der Waals surface area contributed by atoms with Gasteiger partial charge in [0.2, 0.25) is 5.82 Å². The summed E-state index contributed by atoms with van der Waals surface area (Å²) in [6, 6.07) is 7.91. The lowest BCUT2D eigenvalue weighted by molar-refractivity contribution is -0.137. The minimum atomic E-state index is -4.54. The third-order valence-corrected chi connectivity index (χ3v) is 8.37. The number of piperidine rings is 1. The van der Waals surface area contributed by atoms with Gasteiger partial charge in [-0.15, -0.1) is 0 Å². The van der Waals surface area contributed by atoms with Crippen LogP contribution in [0.15, 0.2) is 53.6 Å². The predicted octanol–water partition coefficient (Wildman–Crippen LogP) is 4.59. The number of alkyl halides is 3. The quantitative estimate of drug-likeness (QED) is 0.245. The van der Waals surface area contributed by atoms with E-state index in [1.54, 1.807) is 24.0 Å². The maximum atomic E-state index is 14.5. The zero-order valence-electron chi connectivity index (χ0n) is 23.9. The summed E-state index contributed by atoms with van der Waals surface area (Å²) >= 11 is 0. The van der Waals surface area contributed by atoms with Crippen LogP contribution in [0.2, 0.25) is 0 Å². The molecule has 1 saturated heterocycles. The van der Waals surface area contributed by atoms with Crippen LogP contribution in [-0.2, 0) is 25.8 Å². The highest BCUT2D eigenvalue weighted by Crippen LogP contribution is 2.33. The summed E-state index contributed by atoms with van der Waals surface area (Å²) in [4.78, 5) is 22.3. The molecule has 0 unspecified atom stereocenters. The van der Waals surface area contributed by atoms with E-state index in [2.05, 4.69) is 15.2 Å². The number of ether oxygens (including phenoxy) is 1. The molecule has 2 aromatic heterocycles. The second-order valence-corrected chi connectivity index (χ2v) is 11.1. The van der Waals surface area contributed by atoms with Crippen molar-refractivity contribution < 1.29 is 26.7 Å². The number of anilines is 2. The average molecular weight is 609 g/mol. The molecule has 13 heteroatoms. The van der Waals surface area contributed by atoms with Crippen LogP contribution in [0, 0.1) is 11.6 Å². The van der Waals surface area contributed by atoms with E-state index in [0.717, 1.165) is 49.1 Å². The number of nitrogens with zero attached hydrogens (tertiary/aromatic N) is 4. The smallest absolute Gasteiger partial charge is 0.416 e. The molecule has 2 aliphatic heterocycles. The highest BCUT2D eigenvalue weighted by atomic mass is 19.4. The predicted molar refractivity (Wildman–Crippen MR) is 159 cm³/mol. The van der Waals surface area contributed by atoms with Gasteiger partial charge in [-0.25, -0.2) is 9.37 Å². The van der Waals surface area contributed by atoms with Crippen LogP contribution < -0.4 is 25.8 Å². The largest absolute Gasteiger partial charge is 0.486 e. The first-order chi connectivity index (χ1) is 21.0. The fourth-order valence-electron chi connectivity index (χ4n) is 6.08. The number of hydrogen-bond donors (Lipinski definition) is 1. The Balaban J connectivity index is 1.38. The van der Waals surface area contributed by atoms with Crippen molar-refractivity contribution in [3.63, 3.8) is 0 Å². The number of halogens is 5. The molecule has 0 saturated carbocycles. The van der Waals surface area contributed by atoms with E-state index in [-0.39, 0.29) is 47.9 Å². The van der Waals surface area contributed by atoms with Crippen LogP contribution in [0.4, 0.5) is 33.5 Å². The summed E-state index contributed by atoms with van der Waals surface area (Å²) < 4.78 is 76.1. The Kier molecular flexibility index (Phi) is 8.00. The van der Waals surface area contributed by atoms with Crippen LogP contribution in [0.3, 0.4) is 0 Å². The van der Waals surface area contributed by atoms with Crippen LogP contribution >= 0.6 is 0 Å². The van der Waals surface area contributed by atoms with Gasteiger partial charge in [-0.05, 0) is 42.7 Å². The topological polar surface area (TPSA) is 62.6 Å². The average Bonchev–Trinajstić information content (AvgIpc) is 3.01. The molecule has 1 N–H and O–H groups in total. The van der Waals surface area contributed by atoms with Gasteiger partial charge >= 0.3 is 6.18 Å². The van der Waals surface area contributed by atoms with Crippen molar-refractivity contribution in [3.05, 3.63) is 87.3 Å². The molecule has 1 fully saturated rings. The molecule has 1 atom stereocenters. The number of pyridine rings is 2. The molecule has 7 nitrogen and oxygen atoms in total. The Morgan fingerprint density at radius 2 is 1.91 bits per heavy atom. The van der Waals surface area contributed by atoms with Gasteiger partial charge < -0.3 is 19.5 Å². The lowest BCUT2D eigenvalue weighted by atomic mass is 9.88. The van der Waals surface area contributed by atoms with Gasteiger partial charge in [0.25, 0.3) is 0 Å². The molecule has 2 aromatic carbocycles. The van der Waals surface area contributed by atoms with Gasteiger partial charge in [-0.2, -0.15) is 17.6 Å². The van der Waals surface area contributed by atoms with E-state index >= 15 is 0 Å². The lowest BCUT2D eigenvalue weighted by Crippen LogP contribution is -2.48. The van der Waals surface area contributed by atoms with Crippen molar-refractivity contribution in [1.82, 2.24) is 14.5 Å². The zero-order valence-corrected chi connectivity index (χ0v) is 23.9. The minimum absolute atomic E-state index is 0.00555. The third-order valence-electron chi connectivity index (χ3n) is 8.37. The number of aromatic nitrogens is 2. The normalized spacial score (nSPS) is 16.8. The molecule has 6 rings (SSSR count).